The molecule has 3 rings (SSSR count). The Hall–Kier alpha value is -2.26. The maximum Gasteiger partial charge on any atom is 0.417 e. The first-order valence-corrected chi connectivity index (χ1v) is 9.20. The molecule has 0 bridgehead atoms. The smallest absolute Gasteiger partial charge is 0.349 e. The van der Waals surface area contributed by atoms with Crippen molar-refractivity contribution >= 4 is 34.9 Å². The molecule has 27 heavy (non-hydrogen) atoms. The molecule has 10 heteroatoms. The fourth-order valence-electron chi connectivity index (χ4n) is 2.38. The van der Waals surface area contributed by atoms with Crippen molar-refractivity contribution in [3.8, 4) is 0 Å². The van der Waals surface area contributed by atoms with Gasteiger partial charge < -0.3 is 5.32 Å². The van der Waals surface area contributed by atoms with Gasteiger partial charge in [0.05, 0.1) is 17.4 Å². The average molecular weight is 415 g/mol. The van der Waals surface area contributed by atoms with E-state index in [1.165, 1.54) is 10.5 Å². The van der Waals surface area contributed by atoms with Crippen LogP contribution in [0.2, 0.25) is 5.02 Å². The Morgan fingerprint density at radius 3 is 2.59 bits per heavy atom. The molecule has 0 aliphatic rings. The SMILES string of the molecule is CC(NC(=O)CSc1nnc2ccc(C(F)(F)F)cn12)c1ccc(Cl)cc1. The van der Waals surface area contributed by atoms with Crippen LogP contribution in [0.15, 0.2) is 47.8 Å². The maximum absolute atomic E-state index is 12.9. The second kappa shape index (κ2) is 7.77. The van der Waals surface area contributed by atoms with Gasteiger partial charge in [0.1, 0.15) is 0 Å². The van der Waals surface area contributed by atoms with Gasteiger partial charge in [0, 0.05) is 11.2 Å². The van der Waals surface area contributed by atoms with E-state index in [-0.39, 0.29) is 28.5 Å². The molecule has 2 heterocycles. The van der Waals surface area contributed by atoms with Gasteiger partial charge in [-0.25, -0.2) is 0 Å². The summed E-state index contributed by atoms with van der Waals surface area (Å²) in [5, 5.41) is 11.3. The molecule has 5 nitrogen and oxygen atoms in total. The third kappa shape index (κ3) is 4.72. The number of carbonyl (C=O) groups is 1. The summed E-state index contributed by atoms with van der Waals surface area (Å²) < 4.78 is 39.8. The van der Waals surface area contributed by atoms with Crippen molar-refractivity contribution < 1.29 is 18.0 Å². The lowest BCUT2D eigenvalue weighted by molar-refractivity contribution is -0.137. The number of rotatable bonds is 5. The largest absolute Gasteiger partial charge is 0.417 e. The zero-order valence-electron chi connectivity index (χ0n) is 14.0. The molecule has 0 aliphatic carbocycles. The normalized spacial score (nSPS) is 12.9. The van der Waals surface area contributed by atoms with Gasteiger partial charge >= 0.3 is 6.18 Å². The van der Waals surface area contributed by atoms with Crippen LogP contribution >= 0.6 is 23.4 Å². The van der Waals surface area contributed by atoms with Crippen LogP contribution in [0.1, 0.15) is 24.1 Å². The molecule has 0 aliphatic heterocycles. The predicted octanol–water partition coefficient (Wildman–Crippen LogP) is 4.37. The summed E-state index contributed by atoms with van der Waals surface area (Å²) >= 11 is 6.85. The number of hydrogen-bond donors (Lipinski definition) is 1. The number of pyridine rings is 1. The fourth-order valence-corrected chi connectivity index (χ4v) is 3.24. The van der Waals surface area contributed by atoms with Crippen LogP contribution in [0.25, 0.3) is 5.65 Å². The summed E-state index contributed by atoms with van der Waals surface area (Å²) in [5.74, 6) is -0.277. The van der Waals surface area contributed by atoms with Crippen molar-refractivity contribution in [2.45, 2.75) is 24.3 Å². The number of alkyl halides is 3. The van der Waals surface area contributed by atoms with Gasteiger partial charge in [0.2, 0.25) is 5.91 Å². The van der Waals surface area contributed by atoms with E-state index in [4.69, 9.17) is 11.6 Å². The molecule has 0 radical (unpaired) electrons. The van der Waals surface area contributed by atoms with Gasteiger partial charge in [-0.15, -0.1) is 10.2 Å². The highest BCUT2D eigenvalue weighted by molar-refractivity contribution is 7.99. The number of halogens is 4. The molecule has 1 amide bonds. The number of hydrogen-bond acceptors (Lipinski definition) is 4. The van der Waals surface area contributed by atoms with Crippen molar-refractivity contribution in [1.29, 1.82) is 0 Å². The lowest BCUT2D eigenvalue weighted by atomic mass is 10.1. The molecule has 1 N–H and O–H groups in total. The number of thioether (sulfide) groups is 1. The highest BCUT2D eigenvalue weighted by Crippen LogP contribution is 2.30. The van der Waals surface area contributed by atoms with E-state index >= 15 is 0 Å². The quantitative estimate of drug-likeness (QED) is 0.630. The van der Waals surface area contributed by atoms with E-state index in [1.807, 2.05) is 19.1 Å². The third-order valence-corrected chi connectivity index (χ3v) is 4.97. The van der Waals surface area contributed by atoms with E-state index in [9.17, 15) is 18.0 Å². The minimum Gasteiger partial charge on any atom is -0.349 e. The predicted molar refractivity (Wildman–Crippen MR) is 96.7 cm³/mol. The lowest BCUT2D eigenvalue weighted by Crippen LogP contribution is -2.28. The van der Waals surface area contributed by atoms with Crippen molar-refractivity contribution in [3.05, 3.63) is 58.7 Å². The number of nitrogens with one attached hydrogen (secondary N) is 1. The Bertz CT molecular complexity index is 959. The zero-order valence-corrected chi connectivity index (χ0v) is 15.6. The minimum absolute atomic E-state index is 0.00499. The van der Waals surface area contributed by atoms with Crippen LogP contribution in [0.3, 0.4) is 0 Å². The Labute approximate surface area is 161 Å². The zero-order chi connectivity index (χ0) is 19.6. The molecule has 1 atom stereocenters. The molecule has 142 valence electrons. The van der Waals surface area contributed by atoms with E-state index in [2.05, 4.69) is 15.5 Å². The number of nitrogens with zero attached hydrogens (tertiary/aromatic N) is 3. The van der Waals surface area contributed by atoms with Gasteiger partial charge in [0.15, 0.2) is 10.8 Å². The van der Waals surface area contributed by atoms with Gasteiger partial charge in [-0.2, -0.15) is 13.2 Å². The Balaban J connectivity index is 1.65. The Morgan fingerprint density at radius 1 is 1.22 bits per heavy atom. The molecular weight excluding hydrogens is 401 g/mol. The molecule has 0 fully saturated rings. The van der Waals surface area contributed by atoms with E-state index in [1.54, 1.807) is 12.1 Å². The number of fused-ring (bicyclic) bond motifs is 1. The number of carbonyl (C=O) groups excluding carboxylic acids is 1. The second-order valence-corrected chi connectivity index (χ2v) is 7.13. The summed E-state index contributed by atoms with van der Waals surface area (Å²) in [4.78, 5) is 12.2. The highest BCUT2D eigenvalue weighted by atomic mass is 35.5. The van der Waals surface area contributed by atoms with Crippen molar-refractivity contribution in [2.75, 3.05) is 5.75 Å². The summed E-state index contributed by atoms with van der Waals surface area (Å²) in [7, 11) is 0. The Morgan fingerprint density at radius 2 is 1.93 bits per heavy atom. The molecule has 0 saturated heterocycles. The summed E-state index contributed by atoms with van der Waals surface area (Å²) in [5.41, 5.74) is 0.360. The number of aromatic nitrogens is 3. The molecule has 1 unspecified atom stereocenters. The van der Waals surface area contributed by atoms with Gasteiger partial charge in [-0.1, -0.05) is 35.5 Å². The maximum atomic E-state index is 12.9. The average Bonchev–Trinajstić information content (AvgIpc) is 3.02. The monoisotopic (exact) mass is 414 g/mol. The van der Waals surface area contributed by atoms with E-state index in [0.717, 1.165) is 29.6 Å². The molecule has 2 aromatic heterocycles. The highest BCUT2D eigenvalue weighted by Gasteiger charge is 2.31. The molecular formula is C17H14ClF3N4OS. The van der Waals surface area contributed by atoms with Crippen molar-refractivity contribution in [2.24, 2.45) is 0 Å². The van der Waals surface area contributed by atoms with E-state index < -0.39 is 11.7 Å². The van der Waals surface area contributed by atoms with Crippen LogP contribution in [0.5, 0.6) is 0 Å². The number of benzene rings is 1. The summed E-state index contributed by atoms with van der Waals surface area (Å²) in [6.07, 6.45) is -3.54. The first-order valence-electron chi connectivity index (χ1n) is 7.83. The first-order chi connectivity index (χ1) is 12.7. The molecule has 1 aromatic carbocycles. The van der Waals surface area contributed by atoms with Crippen LogP contribution in [0, 0.1) is 0 Å². The van der Waals surface area contributed by atoms with Crippen LogP contribution < -0.4 is 5.32 Å². The first kappa shape index (κ1) is 19.5. The van der Waals surface area contributed by atoms with Gasteiger partial charge in [-0.05, 0) is 36.8 Å². The van der Waals surface area contributed by atoms with Crippen molar-refractivity contribution in [3.63, 3.8) is 0 Å². The Kier molecular flexibility index (Phi) is 5.61. The third-order valence-electron chi connectivity index (χ3n) is 3.78. The van der Waals surface area contributed by atoms with Crippen LogP contribution in [-0.2, 0) is 11.0 Å². The summed E-state index contributed by atoms with van der Waals surface area (Å²) in [6, 6.07) is 9.03. The van der Waals surface area contributed by atoms with Gasteiger partial charge in [-0.3, -0.25) is 9.20 Å². The van der Waals surface area contributed by atoms with Crippen LogP contribution in [0.4, 0.5) is 13.2 Å². The second-order valence-electron chi connectivity index (χ2n) is 5.76. The number of amides is 1. The topological polar surface area (TPSA) is 59.3 Å². The lowest BCUT2D eigenvalue weighted by Gasteiger charge is -2.14. The van der Waals surface area contributed by atoms with Crippen LogP contribution in [-0.4, -0.2) is 26.3 Å². The molecule has 0 saturated carbocycles. The standard InChI is InChI=1S/C17H14ClF3N4OS/c1-10(11-2-5-13(18)6-3-11)22-15(26)9-27-16-24-23-14-7-4-12(8-25(14)16)17(19,20)21/h2-8,10H,9H2,1H3,(H,22,26). The van der Waals surface area contributed by atoms with Crippen molar-refractivity contribution in [1.82, 2.24) is 19.9 Å². The summed E-state index contributed by atoms with van der Waals surface area (Å²) in [6.45, 7) is 1.83. The minimum atomic E-state index is -4.47. The van der Waals surface area contributed by atoms with Gasteiger partial charge in [0.25, 0.3) is 0 Å². The molecule has 0 spiro atoms. The van der Waals surface area contributed by atoms with E-state index in [0.29, 0.717) is 5.02 Å². The fraction of sp³-hybridized carbons (Fsp3) is 0.235. The molecule has 3 aromatic rings.